The number of aliphatic hydroxyl groups excluding tert-OH is 1. The lowest BCUT2D eigenvalue weighted by Crippen LogP contribution is -2.33. The Morgan fingerprint density at radius 2 is 2.00 bits per heavy atom. The number of carbonyl (C=O) groups is 2. The number of imidazole rings is 1. The fraction of sp³-hybridized carbons (Fsp3) is 0.321. The summed E-state index contributed by atoms with van der Waals surface area (Å²) in [4.78, 5) is 33.2. The summed E-state index contributed by atoms with van der Waals surface area (Å²) in [6.45, 7) is 2.24. The molecule has 0 saturated carbocycles. The molecule has 0 radical (unpaired) electrons. The van der Waals surface area contributed by atoms with Gasteiger partial charge in [-0.2, -0.15) is 0 Å². The summed E-state index contributed by atoms with van der Waals surface area (Å²) in [6.07, 6.45) is 4.80. The lowest BCUT2D eigenvalue weighted by molar-refractivity contribution is -0.146. The molecule has 3 heterocycles. The molecule has 4 aromatic rings. The number of aromatic nitrogens is 3. The van der Waals surface area contributed by atoms with Crippen LogP contribution in [0.3, 0.4) is 0 Å². The Morgan fingerprint density at radius 3 is 2.81 bits per heavy atom. The Hall–Kier alpha value is -3.95. The average Bonchev–Trinajstić information content (AvgIpc) is 3.51. The molecule has 2 aromatic carbocycles. The van der Waals surface area contributed by atoms with Crippen LogP contribution in [0.2, 0.25) is 0 Å². The summed E-state index contributed by atoms with van der Waals surface area (Å²) in [7, 11) is 0. The highest BCUT2D eigenvalue weighted by Crippen LogP contribution is 2.36. The van der Waals surface area contributed by atoms with Crippen LogP contribution in [0.4, 0.5) is 0 Å². The number of rotatable bonds is 9. The molecule has 1 aliphatic rings. The zero-order valence-corrected chi connectivity index (χ0v) is 20.6. The molecule has 1 aliphatic heterocycles. The van der Waals surface area contributed by atoms with Crippen LogP contribution in [0.1, 0.15) is 48.3 Å². The third kappa shape index (κ3) is 5.42. The van der Waals surface area contributed by atoms with Gasteiger partial charge >= 0.3 is 0 Å². The van der Waals surface area contributed by atoms with E-state index in [0.717, 1.165) is 27.5 Å². The number of H-pyrrole nitrogens is 1. The zero-order chi connectivity index (χ0) is 25.8. The van der Waals surface area contributed by atoms with Crippen molar-refractivity contribution in [2.75, 3.05) is 13.2 Å². The highest BCUT2D eigenvalue weighted by atomic mass is 16.7. The van der Waals surface area contributed by atoms with Crippen LogP contribution in [0.5, 0.6) is 0 Å². The highest BCUT2D eigenvalue weighted by molar-refractivity contribution is 5.95. The van der Waals surface area contributed by atoms with Crippen molar-refractivity contribution < 1.29 is 24.2 Å². The van der Waals surface area contributed by atoms with Crippen molar-refractivity contribution in [3.05, 3.63) is 78.0 Å². The van der Waals surface area contributed by atoms with Gasteiger partial charge in [-0.3, -0.25) is 14.2 Å². The molecular formula is C28H30N4O5. The molecule has 0 spiro atoms. The Labute approximate surface area is 214 Å². The van der Waals surface area contributed by atoms with Crippen LogP contribution in [0, 0.1) is 0 Å². The number of aromatic amines is 1. The first-order valence-corrected chi connectivity index (χ1v) is 12.5. The maximum atomic E-state index is 13.2. The second kappa shape index (κ2) is 11.0. The predicted octanol–water partition coefficient (Wildman–Crippen LogP) is 4.00. The molecule has 9 heteroatoms. The summed E-state index contributed by atoms with van der Waals surface area (Å²) in [5.74, 6) is 0.153. The van der Waals surface area contributed by atoms with E-state index >= 15 is 0 Å². The number of nitrogens with zero attached hydrogens (tertiary/aromatic N) is 2. The second-order valence-corrected chi connectivity index (χ2v) is 9.10. The Balaban J connectivity index is 1.39. The maximum absolute atomic E-state index is 13.2. The van der Waals surface area contributed by atoms with E-state index in [2.05, 4.69) is 15.3 Å². The first-order chi connectivity index (χ1) is 18.0. The number of carbonyl (C=O) groups excluding carboxylic acids is 2. The first-order valence-electron chi connectivity index (χ1n) is 12.5. The van der Waals surface area contributed by atoms with Crippen molar-refractivity contribution in [1.82, 2.24) is 19.9 Å². The van der Waals surface area contributed by atoms with Crippen molar-refractivity contribution in [2.45, 2.75) is 44.9 Å². The molecule has 192 valence electrons. The number of aliphatic hydroxyl groups is 1. The third-order valence-electron chi connectivity index (χ3n) is 6.47. The van der Waals surface area contributed by atoms with Gasteiger partial charge in [-0.15, -0.1) is 0 Å². The lowest BCUT2D eigenvalue weighted by Gasteiger charge is -2.29. The number of nitrogens with one attached hydrogen (secondary N) is 2. The van der Waals surface area contributed by atoms with Crippen molar-refractivity contribution >= 4 is 33.8 Å². The Bertz CT molecular complexity index is 1420. The van der Waals surface area contributed by atoms with Crippen LogP contribution in [0.25, 0.3) is 21.9 Å². The number of para-hydroxylation sites is 3. The standard InChI is InChI=1S/C28H30N4O5/c1-18(34)32-17-21(20-8-2-5-11-24(20)32)19-14-25(37-27(15-19)36-13-7-6-12-33)28(35)29-16-26-30-22-9-3-4-10-23(22)31-26/h2-5,8-11,14,17,19,27,33H,6-7,12-13,15-16H2,1H3,(H,29,35)(H,30,31)/t19-,27+/m1/s1. The van der Waals surface area contributed by atoms with E-state index in [1.807, 2.05) is 54.7 Å². The minimum absolute atomic E-state index is 0.0842. The van der Waals surface area contributed by atoms with E-state index in [1.54, 1.807) is 10.6 Å². The van der Waals surface area contributed by atoms with Gasteiger partial charge in [0.2, 0.25) is 12.2 Å². The smallest absolute Gasteiger partial charge is 0.286 e. The summed E-state index contributed by atoms with van der Waals surface area (Å²) >= 11 is 0. The molecule has 2 aromatic heterocycles. The van der Waals surface area contributed by atoms with E-state index in [9.17, 15) is 9.59 Å². The lowest BCUT2D eigenvalue weighted by atomic mass is 9.92. The van der Waals surface area contributed by atoms with Gasteiger partial charge in [0.15, 0.2) is 5.76 Å². The fourth-order valence-electron chi connectivity index (χ4n) is 4.67. The Morgan fingerprint density at radius 1 is 1.19 bits per heavy atom. The molecule has 5 rings (SSSR count). The Kier molecular flexibility index (Phi) is 7.34. The van der Waals surface area contributed by atoms with Gasteiger partial charge in [0.1, 0.15) is 5.82 Å². The predicted molar refractivity (Wildman–Crippen MR) is 139 cm³/mol. The van der Waals surface area contributed by atoms with Crippen LogP contribution in [-0.2, 0) is 20.8 Å². The third-order valence-corrected chi connectivity index (χ3v) is 6.47. The van der Waals surface area contributed by atoms with Crippen LogP contribution in [-0.4, -0.2) is 51.0 Å². The van der Waals surface area contributed by atoms with E-state index in [1.165, 1.54) is 6.92 Å². The van der Waals surface area contributed by atoms with Crippen LogP contribution in [0.15, 0.2) is 66.6 Å². The number of amides is 1. The SMILES string of the molecule is CC(=O)n1cc([C@@H]2C=C(C(=O)NCc3nc4ccccc4[nH]3)O[C@H](OCCCCO)C2)c2ccccc21. The van der Waals surface area contributed by atoms with Gasteiger partial charge in [0.25, 0.3) is 5.91 Å². The molecule has 0 fully saturated rings. The van der Waals surface area contributed by atoms with Gasteiger partial charge < -0.3 is 24.9 Å². The molecule has 1 amide bonds. The molecule has 9 nitrogen and oxygen atoms in total. The number of hydrogen-bond donors (Lipinski definition) is 3. The summed E-state index contributed by atoms with van der Waals surface area (Å²) in [5, 5.41) is 12.9. The normalized spacial score (nSPS) is 17.5. The summed E-state index contributed by atoms with van der Waals surface area (Å²) in [6, 6.07) is 15.4. The molecule has 37 heavy (non-hydrogen) atoms. The minimum Gasteiger partial charge on any atom is -0.459 e. The number of unbranched alkanes of at least 4 members (excludes halogenated alkanes) is 1. The number of benzene rings is 2. The molecule has 0 bridgehead atoms. The fourth-order valence-corrected chi connectivity index (χ4v) is 4.67. The van der Waals surface area contributed by atoms with Crippen molar-refractivity contribution in [3.63, 3.8) is 0 Å². The van der Waals surface area contributed by atoms with E-state index in [4.69, 9.17) is 14.6 Å². The van der Waals surface area contributed by atoms with E-state index < -0.39 is 6.29 Å². The van der Waals surface area contributed by atoms with E-state index in [0.29, 0.717) is 31.7 Å². The van der Waals surface area contributed by atoms with Crippen molar-refractivity contribution in [2.24, 2.45) is 0 Å². The largest absolute Gasteiger partial charge is 0.459 e. The van der Waals surface area contributed by atoms with Crippen molar-refractivity contribution in [3.8, 4) is 0 Å². The second-order valence-electron chi connectivity index (χ2n) is 9.10. The highest BCUT2D eigenvalue weighted by Gasteiger charge is 2.30. The number of allylic oxidation sites excluding steroid dienone is 1. The van der Waals surface area contributed by atoms with Gasteiger partial charge in [-0.05, 0) is 42.7 Å². The summed E-state index contributed by atoms with van der Waals surface area (Å²) < 4.78 is 13.5. The molecule has 0 aliphatic carbocycles. The van der Waals surface area contributed by atoms with Gasteiger partial charge in [0.05, 0.1) is 29.7 Å². The molecule has 0 unspecified atom stereocenters. The maximum Gasteiger partial charge on any atom is 0.286 e. The monoisotopic (exact) mass is 502 g/mol. The minimum atomic E-state index is -0.639. The van der Waals surface area contributed by atoms with Crippen molar-refractivity contribution in [1.29, 1.82) is 0 Å². The quantitative estimate of drug-likeness (QED) is 0.298. The zero-order valence-electron chi connectivity index (χ0n) is 20.6. The molecule has 2 atom stereocenters. The van der Waals surface area contributed by atoms with Gasteiger partial charge in [-0.1, -0.05) is 30.3 Å². The van der Waals surface area contributed by atoms with Gasteiger partial charge in [0, 0.05) is 37.5 Å². The number of fused-ring (bicyclic) bond motifs is 2. The first kappa shape index (κ1) is 24.7. The van der Waals surface area contributed by atoms with Crippen LogP contribution < -0.4 is 5.32 Å². The van der Waals surface area contributed by atoms with Gasteiger partial charge in [-0.25, -0.2) is 4.98 Å². The molecular weight excluding hydrogens is 472 g/mol. The topological polar surface area (TPSA) is 118 Å². The number of ether oxygens (including phenoxy) is 2. The number of hydrogen-bond acceptors (Lipinski definition) is 6. The average molecular weight is 503 g/mol. The van der Waals surface area contributed by atoms with E-state index in [-0.39, 0.29) is 36.6 Å². The summed E-state index contributed by atoms with van der Waals surface area (Å²) in [5.41, 5.74) is 3.48. The molecule has 0 saturated heterocycles. The van der Waals surface area contributed by atoms with Crippen LogP contribution >= 0.6 is 0 Å². The molecule has 3 N–H and O–H groups in total.